The summed E-state index contributed by atoms with van der Waals surface area (Å²) in [5.74, 6) is 2.25. The van der Waals surface area contributed by atoms with Crippen LogP contribution in [0.4, 0.5) is 0 Å². The van der Waals surface area contributed by atoms with Crippen LogP contribution in [0.2, 0.25) is 10.0 Å². The number of ether oxygens (including phenoxy) is 3. The summed E-state index contributed by atoms with van der Waals surface area (Å²) in [5.41, 5.74) is 5.28. The predicted octanol–water partition coefficient (Wildman–Crippen LogP) is 7.25. The van der Waals surface area contributed by atoms with Crippen molar-refractivity contribution in [1.29, 1.82) is 0 Å². The summed E-state index contributed by atoms with van der Waals surface area (Å²) in [6.07, 6.45) is 3.86. The first-order valence-electron chi connectivity index (χ1n) is 12.4. The molecule has 3 heterocycles. The minimum Gasteiger partial charge on any atom is -0.497 e. The van der Waals surface area contributed by atoms with Gasteiger partial charge < -0.3 is 18.8 Å². The molecule has 0 saturated carbocycles. The number of allylic oxidation sites excluding steroid dienone is 1. The SMILES string of the molecule is CCn1cc(/C=C2\Oc3c(cc4c(c3C)OCN(Cc3ccc(Cl)cc3Cl)C4)C2=O)c2cc(OC)ccc21. The zero-order valence-corrected chi connectivity index (χ0v) is 22.8. The van der Waals surface area contributed by atoms with E-state index in [0.29, 0.717) is 46.9 Å². The molecule has 194 valence electrons. The third-order valence-electron chi connectivity index (χ3n) is 7.16. The highest BCUT2D eigenvalue weighted by molar-refractivity contribution is 6.35. The van der Waals surface area contributed by atoms with Crippen molar-refractivity contribution in [2.75, 3.05) is 13.8 Å². The highest BCUT2D eigenvalue weighted by Gasteiger charge is 2.34. The van der Waals surface area contributed by atoms with E-state index in [4.69, 9.17) is 37.4 Å². The van der Waals surface area contributed by atoms with Gasteiger partial charge in [0.15, 0.2) is 5.76 Å². The highest BCUT2D eigenvalue weighted by Crippen LogP contribution is 2.44. The van der Waals surface area contributed by atoms with E-state index in [0.717, 1.165) is 51.2 Å². The molecule has 0 bridgehead atoms. The molecule has 4 aromatic rings. The molecule has 0 atom stereocenters. The third kappa shape index (κ3) is 4.23. The van der Waals surface area contributed by atoms with E-state index in [2.05, 4.69) is 16.4 Å². The summed E-state index contributed by atoms with van der Waals surface area (Å²) in [5, 5.41) is 2.22. The van der Waals surface area contributed by atoms with Gasteiger partial charge >= 0.3 is 0 Å². The van der Waals surface area contributed by atoms with E-state index >= 15 is 0 Å². The van der Waals surface area contributed by atoms with Gasteiger partial charge in [0, 0.05) is 63.5 Å². The predicted molar refractivity (Wildman–Crippen MR) is 149 cm³/mol. The van der Waals surface area contributed by atoms with Crippen LogP contribution in [-0.2, 0) is 19.6 Å². The standard InChI is InChI=1S/C30H26Cl2N2O4/c1-4-34-15-19(23-12-22(36-3)7-8-26(23)34)10-27-28(35)24-9-20-14-33(13-18-5-6-21(31)11-25(18)32)16-37-29(20)17(2)30(24)38-27/h5-12,15H,4,13-14,16H2,1-3H3/b27-10-. The van der Waals surface area contributed by atoms with Gasteiger partial charge in [-0.1, -0.05) is 29.3 Å². The average Bonchev–Trinajstić information content (AvgIpc) is 3.42. The van der Waals surface area contributed by atoms with Crippen molar-refractivity contribution in [2.45, 2.75) is 33.5 Å². The van der Waals surface area contributed by atoms with Gasteiger partial charge in [0.05, 0.1) is 12.7 Å². The second-order valence-corrected chi connectivity index (χ2v) is 10.4. The first kappa shape index (κ1) is 24.9. The molecule has 0 amide bonds. The molecular formula is C30H26Cl2N2O4. The maximum Gasteiger partial charge on any atom is 0.231 e. The number of hydrogen-bond acceptors (Lipinski definition) is 5. The smallest absolute Gasteiger partial charge is 0.231 e. The Balaban J connectivity index is 1.32. The summed E-state index contributed by atoms with van der Waals surface area (Å²) < 4.78 is 19.9. The van der Waals surface area contributed by atoms with Crippen LogP contribution < -0.4 is 14.2 Å². The van der Waals surface area contributed by atoms with Crippen LogP contribution in [0.25, 0.3) is 17.0 Å². The monoisotopic (exact) mass is 548 g/mol. The number of methoxy groups -OCH3 is 1. The van der Waals surface area contributed by atoms with Gasteiger partial charge in [-0.25, -0.2) is 0 Å². The minimum atomic E-state index is -0.135. The lowest BCUT2D eigenvalue weighted by molar-refractivity contribution is 0.0877. The molecule has 0 saturated heterocycles. The van der Waals surface area contributed by atoms with Crippen LogP contribution in [0.1, 0.15) is 39.5 Å². The Morgan fingerprint density at radius 3 is 2.71 bits per heavy atom. The Hall–Kier alpha value is -3.45. The quantitative estimate of drug-likeness (QED) is 0.246. The number of aryl methyl sites for hydroxylation is 1. The molecule has 0 aliphatic carbocycles. The van der Waals surface area contributed by atoms with Crippen LogP contribution >= 0.6 is 23.2 Å². The first-order chi connectivity index (χ1) is 18.4. The van der Waals surface area contributed by atoms with Crippen molar-refractivity contribution in [3.05, 3.63) is 92.3 Å². The summed E-state index contributed by atoms with van der Waals surface area (Å²) in [7, 11) is 1.65. The number of carbonyl (C=O) groups excluding carboxylic acids is 1. The van der Waals surface area contributed by atoms with E-state index in [9.17, 15) is 4.79 Å². The lowest BCUT2D eigenvalue weighted by Gasteiger charge is -2.30. The summed E-state index contributed by atoms with van der Waals surface area (Å²) in [6.45, 7) is 6.46. The van der Waals surface area contributed by atoms with Crippen molar-refractivity contribution in [1.82, 2.24) is 9.47 Å². The molecule has 0 fully saturated rings. The topological polar surface area (TPSA) is 52.9 Å². The van der Waals surface area contributed by atoms with Crippen LogP contribution in [0.5, 0.6) is 17.2 Å². The number of rotatable bonds is 5. The van der Waals surface area contributed by atoms with Crippen molar-refractivity contribution >= 4 is 46.0 Å². The van der Waals surface area contributed by atoms with Gasteiger partial charge in [-0.15, -0.1) is 0 Å². The summed E-state index contributed by atoms with van der Waals surface area (Å²) in [6, 6.07) is 13.4. The van der Waals surface area contributed by atoms with Crippen molar-refractivity contribution < 1.29 is 19.0 Å². The Morgan fingerprint density at radius 2 is 1.95 bits per heavy atom. The fourth-order valence-corrected chi connectivity index (χ4v) is 5.71. The van der Waals surface area contributed by atoms with Crippen LogP contribution in [0.15, 0.2) is 54.4 Å². The molecule has 1 aromatic heterocycles. The van der Waals surface area contributed by atoms with Crippen LogP contribution in [-0.4, -0.2) is 29.1 Å². The largest absolute Gasteiger partial charge is 0.497 e. The van der Waals surface area contributed by atoms with E-state index < -0.39 is 0 Å². The zero-order valence-electron chi connectivity index (χ0n) is 21.3. The van der Waals surface area contributed by atoms with Gasteiger partial charge in [-0.3, -0.25) is 9.69 Å². The van der Waals surface area contributed by atoms with E-state index in [1.54, 1.807) is 13.2 Å². The van der Waals surface area contributed by atoms with E-state index in [1.165, 1.54) is 0 Å². The third-order valence-corrected chi connectivity index (χ3v) is 7.74. The molecule has 38 heavy (non-hydrogen) atoms. The number of nitrogens with zero attached hydrogens (tertiary/aromatic N) is 2. The van der Waals surface area contributed by atoms with Crippen molar-refractivity contribution in [2.24, 2.45) is 0 Å². The molecule has 6 nitrogen and oxygen atoms in total. The second kappa shape index (κ2) is 9.70. The van der Waals surface area contributed by atoms with Crippen LogP contribution in [0.3, 0.4) is 0 Å². The fourth-order valence-electron chi connectivity index (χ4n) is 5.24. The molecule has 0 unspecified atom stereocenters. The molecule has 2 aliphatic heterocycles. The second-order valence-electron chi connectivity index (χ2n) is 9.56. The number of benzene rings is 3. The maximum absolute atomic E-state index is 13.5. The first-order valence-corrected chi connectivity index (χ1v) is 13.2. The molecule has 8 heteroatoms. The number of carbonyl (C=O) groups is 1. The summed E-state index contributed by atoms with van der Waals surface area (Å²) in [4.78, 5) is 15.6. The Labute approximate surface area is 230 Å². The summed E-state index contributed by atoms with van der Waals surface area (Å²) >= 11 is 12.4. The average molecular weight is 549 g/mol. The molecule has 0 spiro atoms. The molecular weight excluding hydrogens is 523 g/mol. The lowest BCUT2D eigenvalue weighted by Crippen LogP contribution is -2.32. The van der Waals surface area contributed by atoms with Gasteiger partial charge in [-0.2, -0.15) is 0 Å². The van der Waals surface area contributed by atoms with Gasteiger partial charge in [0.25, 0.3) is 0 Å². The van der Waals surface area contributed by atoms with Crippen molar-refractivity contribution in [3.63, 3.8) is 0 Å². The van der Waals surface area contributed by atoms with Gasteiger partial charge in [0.1, 0.15) is 24.0 Å². The fraction of sp³-hybridized carbons (Fsp3) is 0.233. The molecule has 2 aliphatic rings. The highest BCUT2D eigenvalue weighted by atomic mass is 35.5. The number of fused-ring (bicyclic) bond motifs is 3. The van der Waals surface area contributed by atoms with Gasteiger partial charge in [0.2, 0.25) is 5.78 Å². The van der Waals surface area contributed by atoms with E-state index in [-0.39, 0.29) is 5.78 Å². The zero-order chi connectivity index (χ0) is 26.6. The Bertz CT molecular complexity index is 1640. The number of Topliss-reactive ketones (excluding diaryl/α,β-unsaturated/α-hetero) is 1. The number of aromatic nitrogens is 1. The lowest BCUT2D eigenvalue weighted by atomic mass is 9.99. The van der Waals surface area contributed by atoms with Crippen molar-refractivity contribution in [3.8, 4) is 17.2 Å². The Kier molecular flexibility index (Phi) is 6.34. The minimum absolute atomic E-state index is 0.135. The molecule has 0 radical (unpaired) electrons. The van der Waals surface area contributed by atoms with E-state index in [1.807, 2.05) is 55.6 Å². The maximum atomic E-state index is 13.5. The normalized spacial score (nSPS) is 15.9. The van der Waals surface area contributed by atoms with Crippen LogP contribution in [0, 0.1) is 6.92 Å². The molecule has 3 aromatic carbocycles. The number of ketones is 1. The Morgan fingerprint density at radius 1 is 1.11 bits per heavy atom. The van der Waals surface area contributed by atoms with Gasteiger partial charge in [-0.05, 0) is 61.9 Å². The molecule has 0 N–H and O–H groups in total. The number of halogens is 2. The molecule has 6 rings (SSSR count). The number of hydrogen-bond donors (Lipinski definition) is 0.